The summed E-state index contributed by atoms with van der Waals surface area (Å²) < 4.78 is 2.24. The summed E-state index contributed by atoms with van der Waals surface area (Å²) in [5.74, 6) is 1.82. The lowest BCUT2D eigenvalue weighted by Crippen LogP contribution is -2.21. The molecule has 1 atom stereocenters. The van der Waals surface area contributed by atoms with Gasteiger partial charge < -0.3 is 5.32 Å². The molecule has 1 aliphatic carbocycles. The molecule has 1 saturated carbocycles. The van der Waals surface area contributed by atoms with Gasteiger partial charge in [-0.25, -0.2) is 0 Å². The summed E-state index contributed by atoms with van der Waals surface area (Å²) in [7, 11) is 0. The third-order valence-electron chi connectivity index (χ3n) is 3.21. The van der Waals surface area contributed by atoms with Gasteiger partial charge in [-0.15, -0.1) is 0 Å². The van der Waals surface area contributed by atoms with Crippen LogP contribution >= 0.6 is 31.9 Å². The standard InChI is InChI=1S/C13H17Br2N/c1-9(11-3-4-11)7-16-8-10-2-5-12(14)13(15)6-10/h2,5-6,9,11,16H,3-4,7-8H2,1H3. The average Bonchev–Trinajstić information content (AvgIpc) is 3.07. The molecule has 1 aliphatic rings. The van der Waals surface area contributed by atoms with Crippen LogP contribution in [0.1, 0.15) is 25.3 Å². The fourth-order valence-corrected chi connectivity index (χ4v) is 2.60. The molecule has 1 fully saturated rings. The second kappa shape index (κ2) is 5.65. The second-order valence-electron chi connectivity index (χ2n) is 4.69. The van der Waals surface area contributed by atoms with E-state index in [0.717, 1.165) is 33.9 Å². The third kappa shape index (κ3) is 3.57. The van der Waals surface area contributed by atoms with Crippen LogP contribution in [0.4, 0.5) is 0 Å². The van der Waals surface area contributed by atoms with Crippen molar-refractivity contribution in [2.24, 2.45) is 11.8 Å². The van der Waals surface area contributed by atoms with Crippen molar-refractivity contribution in [3.8, 4) is 0 Å². The highest BCUT2D eigenvalue weighted by atomic mass is 79.9. The Bertz CT molecular complexity index is 361. The lowest BCUT2D eigenvalue weighted by molar-refractivity contribution is 0.461. The van der Waals surface area contributed by atoms with Crippen LogP contribution in [0, 0.1) is 11.8 Å². The van der Waals surface area contributed by atoms with Gasteiger partial charge in [0.15, 0.2) is 0 Å². The van der Waals surface area contributed by atoms with E-state index >= 15 is 0 Å². The highest BCUT2D eigenvalue weighted by Gasteiger charge is 2.27. The van der Waals surface area contributed by atoms with Crippen molar-refractivity contribution in [3.63, 3.8) is 0 Å². The first-order valence-electron chi connectivity index (χ1n) is 5.81. The minimum Gasteiger partial charge on any atom is -0.312 e. The quantitative estimate of drug-likeness (QED) is 0.835. The average molecular weight is 347 g/mol. The van der Waals surface area contributed by atoms with Crippen LogP contribution in [0.3, 0.4) is 0 Å². The molecule has 0 spiro atoms. The van der Waals surface area contributed by atoms with Crippen molar-refractivity contribution in [2.75, 3.05) is 6.54 Å². The molecule has 0 aromatic heterocycles. The summed E-state index contributed by atoms with van der Waals surface area (Å²) >= 11 is 7.01. The topological polar surface area (TPSA) is 12.0 Å². The maximum atomic E-state index is 3.53. The van der Waals surface area contributed by atoms with Crippen molar-refractivity contribution < 1.29 is 0 Å². The molecule has 0 bridgehead atoms. The van der Waals surface area contributed by atoms with Gasteiger partial charge in [-0.3, -0.25) is 0 Å². The molecule has 2 rings (SSSR count). The van der Waals surface area contributed by atoms with Crippen LogP contribution in [-0.4, -0.2) is 6.54 Å². The van der Waals surface area contributed by atoms with E-state index < -0.39 is 0 Å². The molecule has 88 valence electrons. The Hall–Kier alpha value is 0.140. The Morgan fingerprint density at radius 2 is 2.06 bits per heavy atom. The minimum atomic E-state index is 0.832. The molecule has 1 aromatic rings. The van der Waals surface area contributed by atoms with E-state index in [4.69, 9.17) is 0 Å². The van der Waals surface area contributed by atoms with E-state index in [1.165, 1.54) is 18.4 Å². The third-order valence-corrected chi connectivity index (χ3v) is 5.09. The number of hydrogen-bond donors (Lipinski definition) is 1. The fraction of sp³-hybridized carbons (Fsp3) is 0.538. The summed E-state index contributed by atoms with van der Waals surface area (Å²) in [6.45, 7) is 4.45. The lowest BCUT2D eigenvalue weighted by atomic mass is 10.1. The van der Waals surface area contributed by atoms with E-state index in [-0.39, 0.29) is 0 Å². The molecule has 0 amide bonds. The monoisotopic (exact) mass is 345 g/mol. The van der Waals surface area contributed by atoms with Gasteiger partial charge in [0.1, 0.15) is 0 Å². The van der Waals surface area contributed by atoms with Crippen LogP contribution in [0.5, 0.6) is 0 Å². The van der Waals surface area contributed by atoms with Crippen LogP contribution in [0.2, 0.25) is 0 Å². The van der Waals surface area contributed by atoms with Gasteiger partial charge in [0.2, 0.25) is 0 Å². The van der Waals surface area contributed by atoms with Gasteiger partial charge in [-0.2, -0.15) is 0 Å². The Balaban J connectivity index is 1.78. The molecular formula is C13H17Br2N. The van der Waals surface area contributed by atoms with Gasteiger partial charge in [-0.1, -0.05) is 13.0 Å². The Morgan fingerprint density at radius 1 is 1.31 bits per heavy atom. The molecule has 0 saturated heterocycles. The molecule has 16 heavy (non-hydrogen) atoms. The first-order valence-corrected chi connectivity index (χ1v) is 7.40. The molecule has 0 radical (unpaired) electrons. The molecule has 1 N–H and O–H groups in total. The Morgan fingerprint density at radius 3 is 2.69 bits per heavy atom. The van der Waals surface area contributed by atoms with Gasteiger partial charge in [0.05, 0.1) is 0 Å². The van der Waals surface area contributed by atoms with E-state index in [1.807, 2.05) is 0 Å². The molecule has 1 aromatic carbocycles. The molecule has 1 unspecified atom stereocenters. The SMILES string of the molecule is CC(CNCc1ccc(Br)c(Br)c1)C1CC1. The highest BCUT2D eigenvalue weighted by Crippen LogP contribution is 2.36. The first kappa shape index (κ1) is 12.6. The largest absolute Gasteiger partial charge is 0.312 e. The van der Waals surface area contributed by atoms with Gasteiger partial charge >= 0.3 is 0 Å². The zero-order valence-electron chi connectivity index (χ0n) is 9.47. The van der Waals surface area contributed by atoms with Gasteiger partial charge in [0.25, 0.3) is 0 Å². The Labute approximate surface area is 114 Å². The number of rotatable bonds is 5. The van der Waals surface area contributed by atoms with Crippen LogP contribution < -0.4 is 5.32 Å². The van der Waals surface area contributed by atoms with E-state index in [9.17, 15) is 0 Å². The van der Waals surface area contributed by atoms with Crippen molar-refractivity contribution in [1.82, 2.24) is 5.32 Å². The maximum absolute atomic E-state index is 3.53. The van der Waals surface area contributed by atoms with Crippen LogP contribution in [0.15, 0.2) is 27.1 Å². The number of hydrogen-bond acceptors (Lipinski definition) is 1. The summed E-state index contributed by atoms with van der Waals surface area (Å²) in [6, 6.07) is 6.41. The summed E-state index contributed by atoms with van der Waals surface area (Å²) in [5, 5.41) is 3.53. The maximum Gasteiger partial charge on any atom is 0.0320 e. The van der Waals surface area contributed by atoms with Crippen molar-refractivity contribution in [3.05, 3.63) is 32.7 Å². The zero-order valence-corrected chi connectivity index (χ0v) is 12.6. The lowest BCUT2D eigenvalue weighted by Gasteiger charge is -2.11. The van der Waals surface area contributed by atoms with Gasteiger partial charge in [0, 0.05) is 15.5 Å². The molecule has 0 aliphatic heterocycles. The zero-order chi connectivity index (χ0) is 11.5. The molecular weight excluding hydrogens is 330 g/mol. The van der Waals surface area contributed by atoms with Gasteiger partial charge in [-0.05, 0) is 80.8 Å². The molecule has 3 heteroatoms. The predicted octanol–water partition coefficient (Wildman–Crippen LogP) is 4.35. The van der Waals surface area contributed by atoms with E-state index in [0.29, 0.717) is 0 Å². The normalized spacial score (nSPS) is 17.4. The highest BCUT2D eigenvalue weighted by molar-refractivity contribution is 9.13. The fourth-order valence-electron chi connectivity index (χ4n) is 1.93. The molecule has 0 heterocycles. The van der Waals surface area contributed by atoms with Crippen molar-refractivity contribution in [2.45, 2.75) is 26.3 Å². The number of halogens is 2. The van der Waals surface area contributed by atoms with Crippen LogP contribution in [0.25, 0.3) is 0 Å². The second-order valence-corrected chi connectivity index (χ2v) is 6.40. The minimum absolute atomic E-state index is 0.832. The molecule has 1 nitrogen and oxygen atoms in total. The summed E-state index contributed by atoms with van der Waals surface area (Å²) in [5.41, 5.74) is 1.33. The Kier molecular flexibility index (Phi) is 4.45. The first-order chi connectivity index (χ1) is 7.66. The summed E-state index contributed by atoms with van der Waals surface area (Å²) in [4.78, 5) is 0. The van der Waals surface area contributed by atoms with E-state index in [1.54, 1.807) is 0 Å². The van der Waals surface area contributed by atoms with E-state index in [2.05, 4.69) is 62.3 Å². The summed E-state index contributed by atoms with van der Waals surface area (Å²) in [6.07, 6.45) is 2.87. The predicted molar refractivity (Wildman–Crippen MR) is 75.4 cm³/mol. The number of benzene rings is 1. The number of nitrogens with one attached hydrogen (secondary N) is 1. The van der Waals surface area contributed by atoms with Crippen LogP contribution in [-0.2, 0) is 6.54 Å². The van der Waals surface area contributed by atoms with Crippen molar-refractivity contribution in [1.29, 1.82) is 0 Å². The smallest absolute Gasteiger partial charge is 0.0320 e. The van der Waals surface area contributed by atoms with Crippen molar-refractivity contribution >= 4 is 31.9 Å².